The number of aliphatic hydroxyl groups is 1. The number of hydrogen-bond acceptors (Lipinski definition) is 5. The molecule has 1 saturated carbocycles. The number of piperidine rings is 1. The summed E-state index contributed by atoms with van der Waals surface area (Å²) in [6.45, 7) is 2.18. The first-order valence-corrected chi connectivity index (χ1v) is 11.7. The van der Waals surface area contributed by atoms with E-state index in [1.807, 2.05) is 6.07 Å². The van der Waals surface area contributed by atoms with Gasteiger partial charge in [0.2, 0.25) is 5.91 Å². The minimum atomic E-state index is -0.629. The second-order valence-corrected chi connectivity index (χ2v) is 9.49. The van der Waals surface area contributed by atoms with Gasteiger partial charge in [-0.05, 0) is 63.1 Å². The van der Waals surface area contributed by atoms with Crippen LogP contribution in [0.5, 0.6) is 0 Å². The number of carbonyl (C=O) groups excluding carboxylic acids is 2. The number of anilines is 2. The molecular formula is C24H30ClN3O4. The molecule has 172 valence electrons. The molecule has 7 nitrogen and oxygen atoms in total. The third kappa shape index (κ3) is 4.67. The third-order valence-corrected chi connectivity index (χ3v) is 7.35. The zero-order chi connectivity index (χ0) is 22.7. The second kappa shape index (κ2) is 9.60. The van der Waals surface area contributed by atoms with Gasteiger partial charge in [-0.2, -0.15) is 0 Å². The number of aliphatic hydroxyl groups excluding tert-OH is 1. The number of rotatable bonds is 4. The molecule has 1 spiro atoms. The molecule has 2 aliphatic heterocycles. The van der Waals surface area contributed by atoms with Crippen molar-refractivity contribution in [1.82, 2.24) is 4.90 Å². The first-order valence-electron chi connectivity index (χ1n) is 11.3. The summed E-state index contributed by atoms with van der Waals surface area (Å²) in [6.07, 6.45) is 10.3. The smallest absolute Gasteiger partial charge is 0.412 e. The van der Waals surface area contributed by atoms with E-state index in [1.54, 1.807) is 12.1 Å². The Morgan fingerprint density at radius 3 is 2.78 bits per heavy atom. The van der Waals surface area contributed by atoms with Gasteiger partial charge >= 0.3 is 6.09 Å². The van der Waals surface area contributed by atoms with E-state index in [9.17, 15) is 14.7 Å². The zero-order valence-electron chi connectivity index (χ0n) is 18.2. The number of benzene rings is 1. The van der Waals surface area contributed by atoms with Gasteiger partial charge in [0.15, 0.2) is 6.61 Å². The van der Waals surface area contributed by atoms with Crippen LogP contribution in [0.25, 0.3) is 0 Å². The molecule has 2 heterocycles. The van der Waals surface area contributed by atoms with Crippen LogP contribution in [0.15, 0.2) is 18.2 Å². The Morgan fingerprint density at radius 1 is 1.28 bits per heavy atom. The summed E-state index contributed by atoms with van der Waals surface area (Å²) in [4.78, 5) is 29.5. The molecule has 2 N–H and O–H groups in total. The lowest BCUT2D eigenvalue weighted by molar-refractivity contribution is -0.139. The minimum absolute atomic E-state index is 0.0972. The van der Waals surface area contributed by atoms with Crippen LogP contribution in [-0.4, -0.2) is 60.4 Å². The van der Waals surface area contributed by atoms with Crippen LogP contribution in [0.4, 0.5) is 16.2 Å². The van der Waals surface area contributed by atoms with Crippen LogP contribution >= 0.6 is 11.6 Å². The number of nitrogens with zero attached hydrogens (tertiary/aromatic N) is 2. The Bertz CT molecular complexity index is 909. The van der Waals surface area contributed by atoms with Crippen LogP contribution in [0.2, 0.25) is 5.02 Å². The first-order chi connectivity index (χ1) is 15.4. The van der Waals surface area contributed by atoms with Crippen LogP contribution < -0.4 is 10.2 Å². The van der Waals surface area contributed by atoms with Gasteiger partial charge in [-0.1, -0.05) is 17.5 Å². The van der Waals surface area contributed by atoms with Crippen LogP contribution in [0, 0.1) is 17.8 Å². The van der Waals surface area contributed by atoms with E-state index in [1.165, 1.54) is 0 Å². The quantitative estimate of drug-likeness (QED) is 0.672. The molecule has 1 aromatic carbocycles. The molecule has 0 bridgehead atoms. The maximum Gasteiger partial charge on any atom is 0.412 e. The Balaban J connectivity index is 1.43. The Hall–Kier alpha value is -2.43. The summed E-state index contributed by atoms with van der Waals surface area (Å²) < 4.78 is 4.83. The highest BCUT2D eigenvalue weighted by atomic mass is 35.5. The van der Waals surface area contributed by atoms with E-state index in [-0.39, 0.29) is 30.1 Å². The molecule has 0 aromatic heterocycles. The topological polar surface area (TPSA) is 82.1 Å². The van der Waals surface area contributed by atoms with Gasteiger partial charge < -0.3 is 19.6 Å². The Kier molecular flexibility index (Phi) is 6.82. The molecule has 2 amide bonds. The fourth-order valence-electron chi connectivity index (χ4n) is 5.38. The van der Waals surface area contributed by atoms with Crippen molar-refractivity contribution in [2.75, 3.05) is 36.5 Å². The van der Waals surface area contributed by atoms with Crippen molar-refractivity contribution < 1.29 is 19.4 Å². The van der Waals surface area contributed by atoms with Crippen molar-refractivity contribution in [1.29, 1.82) is 0 Å². The van der Waals surface area contributed by atoms with Gasteiger partial charge in [0.25, 0.3) is 0 Å². The number of terminal acetylenes is 1. The summed E-state index contributed by atoms with van der Waals surface area (Å²) in [5.74, 6) is 2.50. The van der Waals surface area contributed by atoms with Crippen molar-refractivity contribution in [2.45, 2.75) is 57.1 Å². The summed E-state index contributed by atoms with van der Waals surface area (Å²) in [5.41, 5.74) is 1.02. The molecule has 32 heavy (non-hydrogen) atoms. The Labute approximate surface area is 194 Å². The molecule has 8 heteroatoms. The highest BCUT2D eigenvalue weighted by Crippen LogP contribution is 2.44. The largest absolute Gasteiger partial charge is 0.436 e. The lowest BCUT2D eigenvalue weighted by Gasteiger charge is -2.41. The predicted octanol–water partition coefficient (Wildman–Crippen LogP) is 3.64. The normalized spacial score (nSPS) is 28.0. The van der Waals surface area contributed by atoms with E-state index < -0.39 is 6.09 Å². The molecule has 2 saturated heterocycles. The number of halogens is 1. The summed E-state index contributed by atoms with van der Waals surface area (Å²) in [5, 5.41) is 12.9. The number of likely N-dealkylation sites (tertiary alicyclic amines) is 1. The molecule has 1 aromatic rings. The number of hydrogen-bond donors (Lipinski definition) is 2. The highest BCUT2D eigenvalue weighted by molar-refractivity contribution is 6.33. The molecule has 4 rings (SSSR count). The summed E-state index contributed by atoms with van der Waals surface area (Å²) >= 11 is 6.56. The summed E-state index contributed by atoms with van der Waals surface area (Å²) in [6, 6.07) is 5.59. The first kappa shape index (κ1) is 22.8. The van der Waals surface area contributed by atoms with Crippen LogP contribution in [0.3, 0.4) is 0 Å². The lowest BCUT2D eigenvalue weighted by Crippen LogP contribution is -2.50. The second-order valence-electron chi connectivity index (χ2n) is 9.09. The average molecular weight is 460 g/mol. The van der Waals surface area contributed by atoms with Crippen LogP contribution in [0.1, 0.15) is 44.9 Å². The number of carbonyl (C=O) groups is 2. The van der Waals surface area contributed by atoms with Crippen molar-refractivity contribution in [2.24, 2.45) is 5.41 Å². The standard InChI is InChI=1S/C24H30ClN3O4/c1-2-14-32-23(31)26-17-4-9-21(20(25)15-17)27-12-3-10-24(16-27)11-13-28(22(24)30)18-5-7-19(29)8-6-18/h1,4,9,15,18-19,29H,3,5-8,10-14,16H2,(H,26,31)/t18?,19?,24-/m0/s1. The van der Waals surface area contributed by atoms with E-state index in [2.05, 4.69) is 21.0 Å². The number of ether oxygens (including phenoxy) is 1. The molecule has 1 atom stereocenters. The molecule has 3 aliphatic rings. The predicted molar refractivity (Wildman–Crippen MR) is 124 cm³/mol. The van der Waals surface area contributed by atoms with Gasteiger partial charge in [-0.3, -0.25) is 10.1 Å². The van der Waals surface area contributed by atoms with E-state index >= 15 is 0 Å². The monoisotopic (exact) mass is 459 g/mol. The van der Waals surface area contributed by atoms with Crippen molar-refractivity contribution in [3.8, 4) is 12.3 Å². The van der Waals surface area contributed by atoms with Gasteiger partial charge in [-0.25, -0.2) is 4.79 Å². The van der Waals surface area contributed by atoms with Gasteiger partial charge in [-0.15, -0.1) is 6.42 Å². The van der Waals surface area contributed by atoms with E-state index in [0.717, 1.165) is 63.7 Å². The van der Waals surface area contributed by atoms with Crippen LogP contribution in [-0.2, 0) is 9.53 Å². The number of amides is 2. The zero-order valence-corrected chi connectivity index (χ0v) is 18.9. The van der Waals surface area contributed by atoms with Gasteiger partial charge in [0, 0.05) is 31.4 Å². The molecule has 0 radical (unpaired) electrons. The molecular weight excluding hydrogens is 430 g/mol. The maximum absolute atomic E-state index is 13.5. The fourth-order valence-corrected chi connectivity index (χ4v) is 5.68. The Morgan fingerprint density at radius 2 is 2.06 bits per heavy atom. The van der Waals surface area contributed by atoms with Crippen molar-refractivity contribution >= 4 is 35.0 Å². The van der Waals surface area contributed by atoms with E-state index in [4.69, 9.17) is 22.8 Å². The fraction of sp³-hybridized carbons (Fsp3) is 0.583. The lowest BCUT2D eigenvalue weighted by atomic mass is 9.78. The summed E-state index contributed by atoms with van der Waals surface area (Å²) in [7, 11) is 0. The van der Waals surface area contributed by atoms with Crippen molar-refractivity contribution in [3.05, 3.63) is 23.2 Å². The molecule has 3 fully saturated rings. The van der Waals surface area contributed by atoms with E-state index in [0.29, 0.717) is 17.3 Å². The van der Waals surface area contributed by atoms with Gasteiger partial charge in [0.05, 0.1) is 22.2 Å². The molecule has 0 unspecified atom stereocenters. The number of nitrogens with one attached hydrogen (secondary N) is 1. The SMILES string of the molecule is C#CCOC(=O)Nc1ccc(N2CCC[C@]3(CCN(C4CCC(O)CC4)C3=O)C2)c(Cl)c1. The third-order valence-electron chi connectivity index (χ3n) is 7.05. The van der Waals surface area contributed by atoms with Crippen molar-refractivity contribution in [3.63, 3.8) is 0 Å². The maximum atomic E-state index is 13.5. The van der Waals surface area contributed by atoms with Gasteiger partial charge in [0.1, 0.15) is 0 Å². The average Bonchev–Trinajstić information content (AvgIpc) is 3.08. The highest BCUT2D eigenvalue weighted by Gasteiger charge is 2.50. The minimum Gasteiger partial charge on any atom is -0.436 e. The molecule has 1 aliphatic carbocycles.